The molecule has 14 heavy (non-hydrogen) atoms. The summed E-state index contributed by atoms with van der Waals surface area (Å²) < 4.78 is 0. The van der Waals surface area contributed by atoms with Crippen LogP contribution in [0.5, 0.6) is 0 Å². The minimum atomic E-state index is 0.809. The molecule has 0 amide bonds. The standard InChI is InChI=1S/C13H23N/c1-2-4-8-13(7-3-1)9-12(10-13)14-11-5-6-11/h11-12,14H,1-10H2. The second-order valence-corrected chi connectivity index (χ2v) is 5.96. The maximum Gasteiger partial charge on any atom is 0.00802 e. The van der Waals surface area contributed by atoms with E-state index >= 15 is 0 Å². The second-order valence-electron chi connectivity index (χ2n) is 5.96. The second kappa shape index (κ2) is 3.52. The lowest BCUT2D eigenvalue weighted by Crippen LogP contribution is -2.49. The van der Waals surface area contributed by atoms with Gasteiger partial charge in [-0.1, -0.05) is 25.7 Å². The highest BCUT2D eigenvalue weighted by atomic mass is 15.0. The molecular weight excluding hydrogens is 170 g/mol. The van der Waals surface area contributed by atoms with E-state index in [0.717, 1.165) is 17.5 Å². The Balaban J connectivity index is 1.49. The van der Waals surface area contributed by atoms with Crippen LogP contribution in [0.3, 0.4) is 0 Å². The monoisotopic (exact) mass is 193 g/mol. The molecule has 0 atom stereocenters. The number of rotatable bonds is 2. The minimum Gasteiger partial charge on any atom is -0.311 e. The van der Waals surface area contributed by atoms with E-state index in [-0.39, 0.29) is 0 Å². The first kappa shape index (κ1) is 9.21. The van der Waals surface area contributed by atoms with Crippen molar-refractivity contribution in [3.63, 3.8) is 0 Å². The van der Waals surface area contributed by atoms with Gasteiger partial charge in [0.05, 0.1) is 0 Å². The molecule has 0 bridgehead atoms. The van der Waals surface area contributed by atoms with Crippen LogP contribution in [-0.2, 0) is 0 Å². The molecule has 1 nitrogen and oxygen atoms in total. The number of nitrogens with one attached hydrogen (secondary N) is 1. The predicted octanol–water partition coefficient (Wildman–Crippen LogP) is 3.24. The van der Waals surface area contributed by atoms with Gasteiger partial charge in [-0.3, -0.25) is 0 Å². The molecule has 0 aliphatic heterocycles. The fourth-order valence-electron chi connectivity index (χ4n) is 3.57. The van der Waals surface area contributed by atoms with Gasteiger partial charge in [0, 0.05) is 12.1 Å². The van der Waals surface area contributed by atoms with Gasteiger partial charge in [-0.2, -0.15) is 0 Å². The van der Waals surface area contributed by atoms with Crippen LogP contribution in [0.1, 0.15) is 64.2 Å². The van der Waals surface area contributed by atoms with Crippen LogP contribution in [0.25, 0.3) is 0 Å². The van der Waals surface area contributed by atoms with E-state index < -0.39 is 0 Å². The van der Waals surface area contributed by atoms with E-state index in [1.54, 1.807) is 0 Å². The summed E-state index contributed by atoms with van der Waals surface area (Å²) in [5.74, 6) is 0. The molecule has 3 saturated carbocycles. The molecule has 0 unspecified atom stereocenters. The van der Waals surface area contributed by atoms with Crippen molar-refractivity contribution in [2.24, 2.45) is 5.41 Å². The first-order chi connectivity index (χ1) is 6.86. The van der Waals surface area contributed by atoms with E-state index in [0.29, 0.717) is 0 Å². The van der Waals surface area contributed by atoms with Crippen LogP contribution >= 0.6 is 0 Å². The molecule has 0 aromatic carbocycles. The molecule has 1 heteroatoms. The Hall–Kier alpha value is -0.0400. The van der Waals surface area contributed by atoms with Gasteiger partial charge in [0.15, 0.2) is 0 Å². The lowest BCUT2D eigenvalue weighted by atomic mass is 9.61. The average Bonchev–Trinajstić information content (AvgIpc) is 2.89. The van der Waals surface area contributed by atoms with Crippen molar-refractivity contribution in [1.82, 2.24) is 5.32 Å². The molecule has 0 aromatic heterocycles. The third kappa shape index (κ3) is 1.84. The van der Waals surface area contributed by atoms with Crippen molar-refractivity contribution < 1.29 is 0 Å². The largest absolute Gasteiger partial charge is 0.311 e. The maximum atomic E-state index is 3.78. The van der Waals surface area contributed by atoms with E-state index in [9.17, 15) is 0 Å². The molecule has 3 fully saturated rings. The van der Waals surface area contributed by atoms with Gasteiger partial charge in [0.25, 0.3) is 0 Å². The van der Waals surface area contributed by atoms with E-state index in [4.69, 9.17) is 0 Å². The van der Waals surface area contributed by atoms with Crippen LogP contribution in [0, 0.1) is 5.41 Å². The fourth-order valence-corrected chi connectivity index (χ4v) is 3.57. The lowest BCUT2D eigenvalue weighted by Gasteiger charge is -2.48. The Labute approximate surface area is 87.7 Å². The van der Waals surface area contributed by atoms with Crippen molar-refractivity contribution in [3.8, 4) is 0 Å². The Morgan fingerprint density at radius 1 is 0.786 bits per heavy atom. The first-order valence-corrected chi connectivity index (χ1v) is 6.62. The van der Waals surface area contributed by atoms with E-state index in [2.05, 4.69) is 5.32 Å². The van der Waals surface area contributed by atoms with Crippen LogP contribution in [0.15, 0.2) is 0 Å². The molecule has 1 spiro atoms. The molecule has 80 valence electrons. The lowest BCUT2D eigenvalue weighted by molar-refractivity contribution is 0.0626. The van der Waals surface area contributed by atoms with Crippen molar-refractivity contribution in [3.05, 3.63) is 0 Å². The topological polar surface area (TPSA) is 12.0 Å². The Morgan fingerprint density at radius 3 is 2.00 bits per heavy atom. The zero-order valence-electron chi connectivity index (χ0n) is 9.23. The van der Waals surface area contributed by atoms with E-state index in [1.807, 2.05) is 0 Å². The first-order valence-electron chi connectivity index (χ1n) is 6.62. The summed E-state index contributed by atoms with van der Waals surface area (Å²) in [6, 6.07) is 1.82. The highest BCUT2D eigenvalue weighted by molar-refractivity contribution is 5.00. The normalized spacial score (nSPS) is 32.6. The summed E-state index contributed by atoms with van der Waals surface area (Å²) in [7, 11) is 0. The maximum absolute atomic E-state index is 3.78. The van der Waals surface area contributed by atoms with Crippen LogP contribution in [-0.4, -0.2) is 12.1 Å². The van der Waals surface area contributed by atoms with Gasteiger partial charge < -0.3 is 5.32 Å². The van der Waals surface area contributed by atoms with Gasteiger partial charge >= 0.3 is 0 Å². The van der Waals surface area contributed by atoms with Crippen LogP contribution in [0.4, 0.5) is 0 Å². The Morgan fingerprint density at radius 2 is 1.43 bits per heavy atom. The molecule has 1 N–H and O–H groups in total. The van der Waals surface area contributed by atoms with Crippen molar-refractivity contribution in [1.29, 1.82) is 0 Å². The highest BCUT2D eigenvalue weighted by Gasteiger charge is 2.44. The summed E-state index contributed by atoms with van der Waals surface area (Å²) in [5, 5.41) is 3.78. The molecule has 0 heterocycles. The quantitative estimate of drug-likeness (QED) is 0.710. The summed E-state index contributed by atoms with van der Waals surface area (Å²) >= 11 is 0. The predicted molar refractivity (Wildman–Crippen MR) is 59.3 cm³/mol. The minimum absolute atomic E-state index is 0.809. The van der Waals surface area contributed by atoms with Crippen molar-refractivity contribution >= 4 is 0 Å². The molecule has 0 aromatic rings. The Kier molecular flexibility index (Phi) is 2.31. The third-order valence-corrected chi connectivity index (χ3v) is 4.57. The summed E-state index contributed by atoms with van der Waals surface area (Å²) in [5.41, 5.74) is 0.809. The van der Waals surface area contributed by atoms with Crippen molar-refractivity contribution in [2.75, 3.05) is 0 Å². The highest BCUT2D eigenvalue weighted by Crippen LogP contribution is 2.51. The fraction of sp³-hybridized carbons (Fsp3) is 1.00. The summed E-state index contributed by atoms with van der Waals surface area (Å²) in [6.45, 7) is 0. The van der Waals surface area contributed by atoms with Crippen LogP contribution < -0.4 is 5.32 Å². The SMILES string of the molecule is C1CCCC2(CC1)CC(NC1CC1)C2. The Bertz CT molecular complexity index is 191. The summed E-state index contributed by atoms with van der Waals surface area (Å²) in [4.78, 5) is 0. The average molecular weight is 193 g/mol. The number of hydrogen-bond donors (Lipinski definition) is 1. The molecule has 3 aliphatic carbocycles. The summed E-state index contributed by atoms with van der Waals surface area (Å²) in [6.07, 6.45) is 15.0. The van der Waals surface area contributed by atoms with Gasteiger partial charge in [-0.15, -0.1) is 0 Å². The van der Waals surface area contributed by atoms with Gasteiger partial charge in [0.2, 0.25) is 0 Å². The number of hydrogen-bond acceptors (Lipinski definition) is 1. The van der Waals surface area contributed by atoms with E-state index in [1.165, 1.54) is 64.2 Å². The van der Waals surface area contributed by atoms with Gasteiger partial charge in [-0.05, 0) is 43.9 Å². The third-order valence-electron chi connectivity index (χ3n) is 4.57. The molecule has 3 aliphatic rings. The van der Waals surface area contributed by atoms with Gasteiger partial charge in [-0.25, -0.2) is 0 Å². The smallest absolute Gasteiger partial charge is 0.00802 e. The van der Waals surface area contributed by atoms with Crippen LogP contribution in [0.2, 0.25) is 0 Å². The molecule has 3 rings (SSSR count). The molecule has 0 saturated heterocycles. The molecule has 0 radical (unpaired) electrons. The zero-order chi connectivity index (χ0) is 9.43. The molecular formula is C13H23N. The van der Waals surface area contributed by atoms with Crippen molar-refractivity contribution in [2.45, 2.75) is 76.3 Å². The van der Waals surface area contributed by atoms with Gasteiger partial charge in [0.1, 0.15) is 0 Å². The zero-order valence-corrected chi connectivity index (χ0v) is 9.23.